The molecule has 1 heterocycles. The Bertz CT molecular complexity index is 782. The van der Waals surface area contributed by atoms with Gasteiger partial charge in [0.2, 0.25) is 0 Å². The highest BCUT2D eigenvalue weighted by molar-refractivity contribution is 6.30. The summed E-state index contributed by atoms with van der Waals surface area (Å²) in [6, 6.07) is 7.21. The zero-order chi connectivity index (χ0) is 22.8. The maximum atomic E-state index is 13.5. The number of amides is 2. The van der Waals surface area contributed by atoms with Crippen molar-refractivity contribution in [2.45, 2.75) is 65.1 Å². The lowest BCUT2D eigenvalue weighted by atomic mass is 9.95. The predicted octanol–water partition coefficient (Wildman–Crippen LogP) is 4.90. The molecule has 0 radical (unpaired) electrons. The van der Waals surface area contributed by atoms with Gasteiger partial charge in [-0.2, -0.15) is 0 Å². The average molecular weight is 451 g/mol. The van der Waals surface area contributed by atoms with Gasteiger partial charge >= 0.3 is 6.09 Å². The molecule has 1 saturated heterocycles. The Balaban J connectivity index is 1.55. The van der Waals surface area contributed by atoms with Gasteiger partial charge in [-0.3, -0.25) is 4.79 Å². The first kappa shape index (κ1) is 23.7. The van der Waals surface area contributed by atoms with Crippen LogP contribution in [0.5, 0.6) is 5.75 Å². The molecule has 1 aromatic carbocycles. The van der Waals surface area contributed by atoms with E-state index in [4.69, 9.17) is 21.1 Å². The zero-order valence-corrected chi connectivity index (χ0v) is 20.0. The molecule has 0 bridgehead atoms. The second-order valence-electron chi connectivity index (χ2n) is 10.1. The predicted molar refractivity (Wildman–Crippen MR) is 121 cm³/mol. The first-order valence-corrected chi connectivity index (χ1v) is 11.6. The lowest BCUT2D eigenvalue weighted by molar-refractivity contribution is -0.143. The van der Waals surface area contributed by atoms with E-state index in [0.717, 1.165) is 19.3 Å². The smallest absolute Gasteiger partial charge is 0.407 e. The van der Waals surface area contributed by atoms with Gasteiger partial charge in [0.1, 0.15) is 11.4 Å². The summed E-state index contributed by atoms with van der Waals surface area (Å²) in [5, 5.41) is 3.50. The monoisotopic (exact) mass is 450 g/mol. The van der Waals surface area contributed by atoms with Gasteiger partial charge in [0, 0.05) is 37.0 Å². The minimum atomic E-state index is -0.774. The van der Waals surface area contributed by atoms with E-state index in [9.17, 15) is 9.59 Å². The first-order valence-electron chi connectivity index (χ1n) is 11.2. The second kappa shape index (κ2) is 9.27. The minimum absolute atomic E-state index is 0.0831. The number of benzene rings is 1. The standard InChI is InChI=1S/C24H35ClN2O4/c1-16(2)20-14-24(20,30-19-8-6-18(25)7-9-19)21(28)27-12-10-17(11-13-27)15-26-22(29)31-23(3,4)5/h6-9,16-17,20H,10-15H2,1-5H3,(H,26,29)/t20-,24-/m0/s1. The van der Waals surface area contributed by atoms with Gasteiger partial charge in [-0.05, 0) is 69.7 Å². The van der Waals surface area contributed by atoms with Gasteiger partial charge < -0.3 is 19.7 Å². The Morgan fingerprint density at radius 3 is 2.32 bits per heavy atom. The van der Waals surface area contributed by atoms with Crippen LogP contribution in [0, 0.1) is 17.8 Å². The molecular formula is C24H35ClN2O4. The molecule has 7 heteroatoms. The number of carbonyl (C=O) groups excluding carboxylic acids is 2. The highest BCUT2D eigenvalue weighted by atomic mass is 35.5. The van der Waals surface area contributed by atoms with Crippen LogP contribution in [-0.4, -0.2) is 47.7 Å². The van der Waals surface area contributed by atoms with Gasteiger partial charge in [-0.15, -0.1) is 0 Å². The van der Waals surface area contributed by atoms with E-state index in [0.29, 0.717) is 42.2 Å². The number of likely N-dealkylation sites (tertiary alicyclic amines) is 1. The number of hydrogen-bond donors (Lipinski definition) is 1. The van der Waals surface area contributed by atoms with Crippen molar-refractivity contribution in [3.05, 3.63) is 29.3 Å². The molecule has 1 aromatic rings. The van der Waals surface area contributed by atoms with E-state index in [1.807, 2.05) is 37.8 Å². The largest absolute Gasteiger partial charge is 0.477 e. The van der Waals surface area contributed by atoms with Gasteiger partial charge in [-0.25, -0.2) is 4.79 Å². The molecule has 3 rings (SSSR count). The molecule has 1 saturated carbocycles. The van der Waals surface area contributed by atoms with Gasteiger partial charge in [0.05, 0.1) is 0 Å². The lowest BCUT2D eigenvalue weighted by Crippen LogP contribution is -2.49. The van der Waals surface area contributed by atoms with Crippen LogP contribution in [-0.2, 0) is 9.53 Å². The van der Waals surface area contributed by atoms with Crippen molar-refractivity contribution in [3.8, 4) is 5.75 Å². The number of piperidine rings is 1. The van der Waals surface area contributed by atoms with E-state index in [2.05, 4.69) is 19.2 Å². The minimum Gasteiger partial charge on any atom is -0.477 e. The summed E-state index contributed by atoms with van der Waals surface area (Å²) in [6.07, 6.45) is 2.06. The molecule has 0 spiro atoms. The van der Waals surface area contributed by atoms with Crippen LogP contribution in [0.1, 0.15) is 53.9 Å². The van der Waals surface area contributed by atoms with Gasteiger partial charge in [0.15, 0.2) is 5.60 Å². The molecular weight excluding hydrogens is 416 g/mol. The molecule has 1 aliphatic heterocycles. The topological polar surface area (TPSA) is 67.9 Å². The normalized spacial score (nSPS) is 24.1. The van der Waals surface area contributed by atoms with Crippen LogP contribution < -0.4 is 10.1 Å². The fourth-order valence-electron chi connectivity index (χ4n) is 4.31. The molecule has 1 N–H and O–H groups in total. The van der Waals surface area contributed by atoms with Crippen LogP contribution in [0.15, 0.2) is 24.3 Å². The van der Waals surface area contributed by atoms with E-state index >= 15 is 0 Å². The van der Waals surface area contributed by atoms with Crippen LogP contribution in [0.25, 0.3) is 0 Å². The summed E-state index contributed by atoms with van der Waals surface area (Å²) in [7, 11) is 0. The average Bonchev–Trinajstić information content (AvgIpc) is 3.42. The molecule has 0 aromatic heterocycles. The van der Waals surface area contributed by atoms with Crippen LogP contribution >= 0.6 is 11.6 Å². The van der Waals surface area contributed by atoms with Crippen molar-refractivity contribution in [2.24, 2.45) is 17.8 Å². The molecule has 0 unspecified atom stereocenters. The fraction of sp³-hybridized carbons (Fsp3) is 0.667. The molecule has 2 fully saturated rings. The van der Waals surface area contributed by atoms with Crippen LogP contribution in [0.4, 0.5) is 4.79 Å². The number of ether oxygens (including phenoxy) is 2. The first-order chi connectivity index (χ1) is 14.5. The van der Waals surface area contributed by atoms with E-state index in [-0.39, 0.29) is 17.9 Å². The van der Waals surface area contributed by atoms with Crippen molar-refractivity contribution >= 4 is 23.6 Å². The molecule has 1 aliphatic carbocycles. The van der Waals surface area contributed by atoms with Gasteiger partial charge in [-0.1, -0.05) is 25.4 Å². The third-order valence-corrected chi connectivity index (χ3v) is 6.33. The highest BCUT2D eigenvalue weighted by Crippen LogP contribution is 2.52. The summed E-state index contributed by atoms with van der Waals surface area (Å²) >= 11 is 5.99. The van der Waals surface area contributed by atoms with Crippen molar-refractivity contribution in [2.75, 3.05) is 19.6 Å². The quantitative estimate of drug-likeness (QED) is 0.669. The number of alkyl carbamates (subject to hydrolysis) is 1. The molecule has 2 atom stereocenters. The Morgan fingerprint density at radius 2 is 1.81 bits per heavy atom. The molecule has 2 amide bonds. The van der Waals surface area contributed by atoms with E-state index in [1.165, 1.54) is 0 Å². The molecule has 2 aliphatic rings. The molecule has 172 valence electrons. The van der Waals surface area contributed by atoms with Crippen molar-refractivity contribution < 1.29 is 19.1 Å². The van der Waals surface area contributed by atoms with E-state index in [1.54, 1.807) is 12.1 Å². The Morgan fingerprint density at radius 1 is 1.19 bits per heavy atom. The number of nitrogens with zero attached hydrogens (tertiary/aromatic N) is 1. The number of rotatable bonds is 6. The van der Waals surface area contributed by atoms with Crippen molar-refractivity contribution in [1.82, 2.24) is 10.2 Å². The van der Waals surface area contributed by atoms with E-state index < -0.39 is 11.2 Å². The lowest BCUT2D eigenvalue weighted by Gasteiger charge is -2.35. The number of halogens is 1. The summed E-state index contributed by atoms with van der Waals surface area (Å²) in [4.78, 5) is 27.3. The molecule has 6 nitrogen and oxygen atoms in total. The van der Waals surface area contributed by atoms with Crippen molar-refractivity contribution in [1.29, 1.82) is 0 Å². The summed E-state index contributed by atoms with van der Waals surface area (Å²) in [5.41, 5.74) is -1.28. The summed E-state index contributed by atoms with van der Waals surface area (Å²) < 4.78 is 11.6. The Labute approximate surface area is 190 Å². The van der Waals surface area contributed by atoms with Gasteiger partial charge in [0.25, 0.3) is 5.91 Å². The maximum absolute atomic E-state index is 13.5. The van der Waals surface area contributed by atoms with Crippen LogP contribution in [0.3, 0.4) is 0 Å². The summed E-state index contributed by atoms with van der Waals surface area (Å²) in [5.74, 6) is 1.68. The second-order valence-corrected chi connectivity index (χ2v) is 10.6. The van der Waals surface area contributed by atoms with Crippen LogP contribution in [0.2, 0.25) is 5.02 Å². The van der Waals surface area contributed by atoms with Crippen molar-refractivity contribution in [3.63, 3.8) is 0 Å². The third kappa shape index (κ3) is 6.06. The SMILES string of the molecule is CC(C)[C@@H]1C[C@@]1(Oc1ccc(Cl)cc1)C(=O)N1CCC(CNC(=O)OC(C)(C)C)CC1. The number of hydrogen-bond acceptors (Lipinski definition) is 4. The fourth-order valence-corrected chi connectivity index (χ4v) is 4.44. The number of carbonyl (C=O) groups is 2. The summed E-state index contributed by atoms with van der Waals surface area (Å²) in [6.45, 7) is 11.7. The number of nitrogens with one attached hydrogen (secondary N) is 1. The third-order valence-electron chi connectivity index (χ3n) is 6.08. The Kier molecular flexibility index (Phi) is 7.09. The zero-order valence-electron chi connectivity index (χ0n) is 19.2. The Hall–Kier alpha value is -1.95. The molecule has 31 heavy (non-hydrogen) atoms. The maximum Gasteiger partial charge on any atom is 0.407 e. The highest BCUT2D eigenvalue weighted by Gasteiger charge is 2.65.